The molecule has 0 aliphatic carbocycles. The summed E-state index contributed by atoms with van der Waals surface area (Å²) in [6.07, 6.45) is 4.10. The van der Waals surface area contributed by atoms with Gasteiger partial charge in [0.25, 0.3) is 0 Å². The largest absolute Gasteiger partial charge is 0.316 e. The number of hydrogen-bond acceptors (Lipinski definition) is 2. The van der Waals surface area contributed by atoms with Crippen LogP contribution in [0.3, 0.4) is 0 Å². The van der Waals surface area contributed by atoms with Crippen molar-refractivity contribution < 1.29 is 0 Å². The first kappa shape index (κ1) is 13.0. The van der Waals surface area contributed by atoms with E-state index in [1.165, 1.54) is 45.4 Å². The van der Waals surface area contributed by atoms with Crippen LogP contribution in [0.2, 0.25) is 0 Å². The van der Waals surface area contributed by atoms with Gasteiger partial charge < -0.3 is 10.6 Å². The summed E-state index contributed by atoms with van der Waals surface area (Å²) in [6.45, 7) is 11.8. The summed E-state index contributed by atoms with van der Waals surface area (Å²) in [6, 6.07) is 0. The molecule has 90 valence electrons. The van der Waals surface area contributed by atoms with E-state index in [1.54, 1.807) is 0 Å². The molecule has 15 heavy (non-hydrogen) atoms. The van der Waals surface area contributed by atoms with Gasteiger partial charge in [0.15, 0.2) is 0 Å². The SMILES string of the molecule is CC(C)CCCCNCC(C)C1CNC1. The van der Waals surface area contributed by atoms with Gasteiger partial charge in [0.05, 0.1) is 0 Å². The number of unbranched alkanes of at least 4 members (excludes halogenated alkanes) is 1. The highest BCUT2D eigenvalue weighted by Crippen LogP contribution is 2.14. The fourth-order valence-electron chi connectivity index (χ4n) is 2.01. The van der Waals surface area contributed by atoms with Crippen LogP contribution < -0.4 is 10.6 Å². The van der Waals surface area contributed by atoms with Crippen molar-refractivity contribution in [3.63, 3.8) is 0 Å². The van der Waals surface area contributed by atoms with Gasteiger partial charge in [-0.25, -0.2) is 0 Å². The van der Waals surface area contributed by atoms with Crippen molar-refractivity contribution in [2.24, 2.45) is 17.8 Å². The van der Waals surface area contributed by atoms with Crippen LogP contribution >= 0.6 is 0 Å². The predicted molar refractivity (Wildman–Crippen MR) is 67.1 cm³/mol. The van der Waals surface area contributed by atoms with E-state index in [1.807, 2.05) is 0 Å². The summed E-state index contributed by atoms with van der Waals surface area (Å²) in [4.78, 5) is 0. The van der Waals surface area contributed by atoms with Crippen LogP contribution in [0.5, 0.6) is 0 Å². The molecule has 0 saturated carbocycles. The molecule has 0 spiro atoms. The summed E-state index contributed by atoms with van der Waals surface area (Å²) in [5, 5.41) is 6.92. The Bertz CT molecular complexity index is 153. The first-order valence-electron chi connectivity index (χ1n) is 6.61. The Kier molecular flexibility index (Phi) is 6.26. The lowest BCUT2D eigenvalue weighted by Gasteiger charge is -2.32. The van der Waals surface area contributed by atoms with Crippen LogP contribution in [-0.2, 0) is 0 Å². The third-order valence-corrected chi connectivity index (χ3v) is 3.47. The van der Waals surface area contributed by atoms with E-state index in [0.29, 0.717) is 0 Å². The van der Waals surface area contributed by atoms with Gasteiger partial charge in [-0.2, -0.15) is 0 Å². The third kappa shape index (κ3) is 5.53. The van der Waals surface area contributed by atoms with Crippen LogP contribution in [0.1, 0.15) is 40.0 Å². The molecule has 0 radical (unpaired) electrons. The zero-order valence-corrected chi connectivity index (χ0v) is 10.7. The van der Waals surface area contributed by atoms with E-state index in [4.69, 9.17) is 0 Å². The molecule has 1 unspecified atom stereocenters. The van der Waals surface area contributed by atoms with Crippen molar-refractivity contribution in [1.29, 1.82) is 0 Å². The molecular weight excluding hydrogens is 184 g/mol. The monoisotopic (exact) mass is 212 g/mol. The van der Waals surface area contributed by atoms with Gasteiger partial charge in [-0.05, 0) is 50.4 Å². The van der Waals surface area contributed by atoms with Gasteiger partial charge in [0.1, 0.15) is 0 Å². The lowest BCUT2D eigenvalue weighted by atomic mass is 9.89. The molecular formula is C13H28N2. The summed E-state index contributed by atoms with van der Waals surface area (Å²) in [7, 11) is 0. The highest BCUT2D eigenvalue weighted by atomic mass is 15.0. The van der Waals surface area contributed by atoms with Gasteiger partial charge in [-0.1, -0.05) is 33.6 Å². The van der Waals surface area contributed by atoms with Crippen LogP contribution in [0, 0.1) is 17.8 Å². The molecule has 0 aromatic carbocycles. The molecule has 2 nitrogen and oxygen atoms in total. The molecule has 0 aromatic heterocycles. The van der Waals surface area contributed by atoms with Crippen molar-refractivity contribution >= 4 is 0 Å². The molecule has 1 aliphatic rings. The van der Waals surface area contributed by atoms with Crippen LogP contribution in [0.25, 0.3) is 0 Å². The predicted octanol–water partition coefficient (Wildman–Crippen LogP) is 2.26. The molecule has 1 fully saturated rings. The second-order valence-electron chi connectivity index (χ2n) is 5.49. The Morgan fingerprint density at radius 1 is 1.20 bits per heavy atom. The molecule has 1 rings (SSSR count). The summed E-state index contributed by atoms with van der Waals surface area (Å²) < 4.78 is 0. The van der Waals surface area contributed by atoms with Crippen molar-refractivity contribution in [2.45, 2.75) is 40.0 Å². The van der Waals surface area contributed by atoms with Crippen molar-refractivity contribution in [3.8, 4) is 0 Å². The Morgan fingerprint density at radius 3 is 2.47 bits per heavy atom. The molecule has 2 N–H and O–H groups in total. The maximum atomic E-state index is 3.58. The maximum absolute atomic E-state index is 3.58. The van der Waals surface area contributed by atoms with Gasteiger partial charge in [0.2, 0.25) is 0 Å². The number of rotatable bonds is 8. The zero-order chi connectivity index (χ0) is 11.1. The highest BCUT2D eigenvalue weighted by molar-refractivity contribution is 4.80. The van der Waals surface area contributed by atoms with Crippen molar-refractivity contribution in [2.75, 3.05) is 26.2 Å². The normalized spacial score (nSPS) is 19.2. The van der Waals surface area contributed by atoms with Crippen LogP contribution in [0.4, 0.5) is 0 Å². The smallest absolute Gasteiger partial charge is 0.000522 e. The van der Waals surface area contributed by atoms with E-state index < -0.39 is 0 Å². The Labute approximate surface area is 95.2 Å². The average Bonchev–Trinajstić information content (AvgIpc) is 2.07. The molecule has 0 amide bonds. The van der Waals surface area contributed by atoms with Gasteiger partial charge in [-0.3, -0.25) is 0 Å². The molecule has 0 aromatic rings. The zero-order valence-electron chi connectivity index (χ0n) is 10.7. The first-order chi connectivity index (χ1) is 7.20. The minimum atomic E-state index is 0.844. The standard InChI is InChI=1S/C13H28N2/c1-11(2)6-4-5-7-14-8-12(3)13-9-15-10-13/h11-15H,4-10H2,1-3H3. The second kappa shape index (κ2) is 7.24. The highest BCUT2D eigenvalue weighted by Gasteiger charge is 2.22. The fraction of sp³-hybridized carbons (Fsp3) is 1.00. The van der Waals surface area contributed by atoms with E-state index in [9.17, 15) is 0 Å². The summed E-state index contributed by atoms with van der Waals surface area (Å²) in [5.74, 6) is 2.63. The molecule has 0 bridgehead atoms. The van der Waals surface area contributed by atoms with E-state index in [-0.39, 0.29) is 0 Å². The fourth-order valence-corrected chi connectivity index (χ4v) is 2.01. The first-order valence-corrected chi connectivity index (χ1v) is 6.61. The van der Waals surface area contributed by atoms with Crippen LogP contribution in [0.15, 0.2) is 0 Å². The molecule has 1 saturated heterocycles. The lowest BCUT2D eigenvalue weighted by molar-refractivity contribution is 0.242. The van der Waals surface area contributed by atoms with Gasteiger partial charge >= 0.3 is 0 Å². The summed E-state index contributed by atoms with van der Waals surface area (Å²) in [5.41, 5.74) is 0. The van der Waals surface area contributed by atoms with Crippen molar-refractivity contribution in [1.82, 2.24) is 10.6 Å². The third-order valence-electron chi connectivity index (χ3n) is 3.47. The lowest BCUT2D eigenvalue weighted by Crippen LogP contribution is -2.47. The maximum Gasteiger partial charge on any atom is -0.000522 e. The van der Waals surface area contributed by atoms with Gasteiger partial charge in [-0.15, -0.1) is 0 Å². The molecule has 1 atom stereocenters. The van der Waals surface area contributed by atoms with E-state index in [0.717, 1.165) is 17.8 Å². The van der Waals surface area contributed by atoms with E-state index >= 15 is 0 Å². The Morgan fingerprint density at radius 2 is 1.93 bits per heavy atom. The second-order valence-corrected chi connectivity index (χ2v) is 5.49. The molecule has 1 heterocycles. The van der Waals surface area contributed by atoms with Crippen LogP contribution in [-0.4, -0.2) is 26.2 Å². The van der Waals surface area contributed by atoms with E-state index in [2.05, 4.69) is 31.4 Å². The average molecular weight is 212 g/mol. The topological polar surface area (TPSA) is 24.1 Å². The van der Waals surface area contributed by atoms with Crippen molar-refractivity contribution in [3.05, 3.63) is 0 Å². The number of hydrogen-bond donors (Lipinski definition) is 2. The van der Waals surface area contributed by atoms with Gasteiger partial charge in [0, 0.05) is 0 Å². The minimum absolute atomic E-state index is 0.844. The Balaban J connectivity index is 1.83. The quantitative estimate of drug-likeness (QED) is 0.603. The molecule has 2 heteroatoms. The summed E-state index contributed by atoms with van der Waals surface area (Å²) >= 11 is 0. The Hall–Kier alpha value is -0.0800. The number of nitrogens with one attached hydrogen (secondary N) is 2. The molecule has 1 aliphatic heterocycles. The minimum Gasteiger partial charge on any atom is -0.316 e.